The summed E-state index contributed by atoms with van der Waals surface area (Å²) in [4.78, 5) is 29.8. The van der Waals surface area contributed by atoms with Crippen molar-refractivity contribution in [2.75, 3.05) is 48.5 Å². The van der Waals surface area contributed by atoms with Crippen LogP contribution in [0, 0.1) is 0 Å². The topological polar surface area (TPSA) is 102 Å². The number of benzene rings is 1. The zero-order chi connectivity index (χ0) is 24.8. The second kappa shape index (κ2) is 10.9. The van der Waals surface area contributed by atoms with E-state index in [1.54, 1.807) is 24.3 Å². The Balaban J connectivity index is 2.08. The van der Waals surface area contributed by atoms with Crippen LogP contribution >= 0.6 is 0 Å². The lowest BCUT2D eigenvalue weighted by Gasteiger charge is -2.28. The van der Waals surface area contributed by atoms with Gasteiger partial charge in [-0.1, -0.05) is 0 Å². The molecule has 1 amide bonds. The van der Waals surface area contributed by atoms with Crippen LogP contribution in [0.3, 0.4) is 0 Å². The molecule has 1 atom stereocenters. The number of amides is 1. The maximum Gasteiger partial charge on any atom is 0.290 e. The second-order valence-corrected chi connectivity index (χ2v) is 7.99. The number of rotatable bonds is 11. The Morgan fingerprint density at radius 3 is 2.38 bits per heavy atom. The van der Waals surface area contributed by atoms with Gasteiger partial charge in [0.25, 0.3) is 5.91 Å². The minimum Gasteiger partial charge on any atom is -0.503 e. The summed E-state index contributed by atoms with van der Waals surface area (Å²) in [5, 5.41) is 10.8. The van der Waals surface area contributed by atoms with Crippen molar-refractivity contribution in [2.45, 2.75) is 12.5 Å². The summed E-state index contributed by atoms with van der Waals surface area (Å²) in [5.41, 5.74) is 0.526. The molecule has 9 nitrogen and oxygen atoms in total. The third-order valence-electron chi connectivity index (χ3n) is 5.52. The molecule has 0 saturated carbocycles. The van der Waals surface area contributed by atoms with Crippen molar-refractivity contribution in [3.8, 4) is 17.2 Å². The van der Waals surface area contributed by atoms with Gasteiger partial charge in [0, 0.05) is 6.54 Å². The highest BCUT2D eigenvalue weighted by Crippen LogP contribution is 2.45. The number of furan rings is 1. The van der Waals surface area contributed by atoms with Gasteiger partial charge in [-0.05, 0) is 69.0 Å². The fourth-order valence-electron chi connectivity index (χ4n) is 3.93. The molecule has 34 heavy (non-hydrogen) atoms. The minimum atomic E-state index is -0.836. The second-order valence-electron chi connectivity index (χ2n) is 7.99. The van der Waals surface area contributed by atoms with Gasteiger partial charge in [0.15, 0.2) is 23.0 Å². The summed E-state index contributed by atoms with van der Waals surface area (Å²) in [7, 11) is 8.34. The van der Waals surface area contributed by atoms with Crippen LogP contribution in [0.15, 0.2) is 52.4 Å². The molecule has 0 fully saturated rings. The van der Waals surface area contributed by atoms with Gasteiger partial charge in [-0.2, -0.15) is 0 Å². The van der Waals surface area contributed by atoms with E-state index in [0.717, 1.165) is 6.54 Å². The zero-order valence-corrected chi connectivity index (χ0v) is 20.0. The van der Waals surface area contributed by atoms with Crippen molar-refractivity contribution < 1.29 is 33.3 Å². The van der Waals surface area contributed by atoms with E-state index in [1.165, 1.54) is 44.6 Å². The summed E-state index contributed by atoms with van der Waals surface area (Å²) in [6.45, 7) is 1.06. The Hall–Kier alpha value is -3.72. The van der Waals surface area contributed by atoms with Gasteiger partial charge < -0.3 is 33.5 Å². The first-order chi connectivity index (χ1) is 16.3. The average Bonchev–Trinajstić information content (AvgIpc) is 3.43. The van der Waals surface area contributed by atoms with Crippen LogP contribution in [0.2, 0.25) is 0 Å². The summed E-state index contributed by atoms with van der Waals surface area (Å²) >= 11 is 0. The number of methoxy groups -OCH3 is 3. The number of aliphatic hydroxyl groups excluding tert-OH is 1. The lowest BCUT2D eigenvalue weighted by Crippen LogP contribution is -2.33. The largest absolute Gasteiger partial charge is 0.503 e. The molecule has 0 spiro atoms. The quantitative estimate of drug-likeness (QED) is 0.500. The molecule has 0 bridgehead atoms. The van der Waals surface area contributed by atoms with Crippen molar-refractivity contribution in [3.63, 3.8) is 0 Å². The van der Waals surface area contributed by atoms with E-state index in [-0.39, 0.29) is 5.57 Å². The first-order valence-corrected chi connectivity index (χ1v) is 10.8. The van der Waals surface area contributed by atoms with Gasteiger partial charge in [0.05, 0.1) is 39.2 Å². The van der Waals surface area contributed by atoms with Crippen molar-refractivity contribution in [1.29, 1.82) is 0 Å². The molecule has 0 aliphatic carbocycles. The summed E-state index contributed by atoms with van der Waals surface area (Å²) in [6.07, 6.45) is 4.92. The van der Waals surface area contributed by atoms with Crippen molar-refractivity contribution in [3.05, 3.63) is 59.3 Å². The molecule has 1 N–H and O–H groups in total. The highest BCUT2D eigenvalue weighted by Gasteiger charge is 2.43. The third-order valence-corrected chi connectivity index (χ3v) is 5.52. The Kier molecular flexibility index (Phi) is 8.01. The van der Waals surface area contributed by atoms with Crippen LogP contribution in [0.25, 0.3) is 6.08 Å². The van der Waals surface area contributed by atoms with Crippen molar-refractivity contribution in [1.82, 2.24) is 9.80 Å². The molecule has 182 valence electrons. The van der Waals surface area contributed by atoms with Crippen molar-refractivity contribution >= 4 is 17.8 Å². The van der Waals surface area contributed by atoms with E-state index in [4.69, 9.17) is 18.6 Å². The van der Waals surface area contributed by atoms with E-state index in [9.17, 15) is 14.7 Å². The normalized spacial score (nSPS) is 16.1. The van der Waals surface area contributed by atoms with Crippen LogP contribution in [-0.2, 0) is 9.59 Å². The van der Waals surface area contributed by atoms with Gasteiger partial charge in [0.2, 0.25) is 5.75 Å². The smallest absolute Gasteiger partial charge is 0.290 e. The molecule has 1 aromatic carbocycles. The molecule has 9 heteroatoms. The van der Waals surface area contributed by atoms with E-state index in [2.05, 4.69) is 0 Å². The van der Waals surface area contributed by atoms with E-state index < -0.39 is 23.5 Å². The first kappa shape index (κ1) is 24.9. The molecule has 1 aliphatic rings. The predicted octanol–water partition coefficient (Wildman–Crippen LogP) is 3.24. The molecule has 1 aliphatic heterocycles. The molecule has 0 saturated heterocycles. The van der Waals surface area contributed by atoms with Crippen LogP contribution in [-0.4, -0.2) is 75.1 Å². The van der Waals surface area contributed by atoms with E-state index >= 15 is 0 Å². The average molecular weight is 471 g/mol. The Bertz CT molecular complexity index is 1060. The molecule has 1 unspecified atom stereocenters. The molecule has 2 heterocycles. The monoisotopic (exact) mass is 470 g/mol. The van der Waals surface area contributed by atoms with Crippen LogP contribution in [0.4, 0.5) is 0 Å². The maximum absolute atomic E-state index is 13.2. The highest BCUT2D eigenvalue weighted by atomic mass is 16.5. The van der Waals surface area contributed by atoms with Gasteiger partial charge in [-0.25, -0.2) is 0 Å². The molecular formula is C25H30N2O7. The van der Waals surface area contributed by atoms with Crippen LogP contribution in [0.5, 0.6) is 17.2 Å². The SMILES string of the molecule is COc1cc(C2C(C(=O)/C=C/c3ccco3)=C(O)C(=O)N2CCCN(C)C)cc(OC)c1OC. The third kappa shape index (κ3) is 5.09. The molecular weight excluding hydrogens is 440 g/mol. The minimum absolute atomic E-state index is 0.0214. The van der Waals surface area contributed by atoms with Crippen LogP contribution in [0.1, 0.15) is 23.8 Å². The van der Waals surface area contributed by atoms with Gasteiger partial charge in [-0.3, -0.25) is 9.59 Å². The van der Waals surface area contributed by atoms with Crippen molar-refractivity contribution in [2.24, 2.45) is 0 Å². The Morgan fingerprint density at radius 1 is 1.18 bits per heavy atom. The van der Waals surface area contributed by atoms with Crippen LogP contribution < -0.4 is 14.2 Å². The fraction of sp³-hybridized carbons (Fsp3) is 0.360. The number of hydrogen-bond acceptors (Lipinski definition) is 8. The van der Waals surface area contributed by atoms with Gasteiger partial charge in [-0.15, -0.1) is 0 Å². The number of nitrogens with zero attached hydrogens (tertiary/aromatic N) is 2. The molecule has 3 rings (SSSR count). The molecule has 1 aromatic heterocycles. The first-order valence-electron chi connectivity index (χ1n) is 10.8. The summed E-state index contributed by atoms with van der Waals surface area (Å²) < 4.78 is 21.6. The molecule has 2 aromatic rings. The standard InChI is InChI=1S/C25H30N2O7/c1-26(2)11-7-12-27-22(16-14-19(31-3)24(33-5)20(15-16)32-4)21(23(29)25(27)30)18(28)10-9-17-8-6-13-34-17/h6,8-10,13-15,22,29H,7,11-12H2,1-5H3/b10-9+. The van der Waals surface area contributed by atoms with Gasteiger partial charge >= 0.3 is 0 Å². The predicted molar refractivity (Wildman–Crippen MR) is 126 cm³/mol. The maximum atomic E-state index is 13.2. The lowest BCUT2D eigenvalue weighted by atomic mass is 9.95. The summed E-state index contributed by atoms with van der Waals surface area (Å²) in [6, 6.07) is 5.92. The zero-order valence-electron chi connectivity index (χ0n) is 20.0. The fourth-order valence-corrected chi connectivity index (χ4v) is 3.93. The number of aliphatic hydroxyl groups is 1. The van der Waals surface area contributed by atoms with Gasteiger partial charge in [0.1, 0.15) is 5.76 Å². The number of carbonyl (C=O) groups is 2. The van der Waals surface area contributed by atoms with E-state index in [0.29, 0.717) is 41.5 Å². The van der Waals surface area contributed by atoms with E-state index in [1.807, 2.05) is 19.0 Å². The number of ether oxygens (including phenoxy) is 3. The Labute approximate surface area is 198 Å². The molecule has 0 radical (unpaired) electrons. The number of ketones is 1. The highest BCUT2D eigenvalue weighted by molar-refractivity contribution is 6.14. The number of carbonyl (C=O) groups excluding carboxylic acids is 2. The lowest BCUT2D eigenvalue weighted by molar-refractivity contribution is -0.129. The number of allylic oxidation sites excluding steroid dienone is 1. The summed E-state index contributed by atoms with van der Waals surface area (Å²) in [5.74, 6) is -0.0641. The number of hydrogen-bond donors (Lipinski definition) is 1. The Morgan fingerprint density at radius 2 is 1.85 bits per heavy atom.